The van der Waals surface area contributed by atoms with Gasteiger partial charge in [-0.1, -0.05) is 20.8 Å². The van der Waals surface area contributed by atoms with Gasteiger partial charge in [0.1, 0.15) is 0 Å². The molecule has 1 aliphatic rings. The first kappa shape index (κ1) is 16.0. The normalized spacial score (nSPS) is 28.8. The van der Waals surface area contributed by atoms with Gasteiger partial charge in [0, 0.05) is 19.3 Å². The van der Waals surface area contributed by atoms with Gasteiger partial charge in [0.2, 0.25) is 0 Å². The molecule has 2 heteroatoms. The molecule has 2 nitrogen and oxygen atoms in total. The Morgan fingerprint density at radius 2 is 2.00 bits per heavy atom. The van der Waals surface area contributed by atoms with Crippen molar-refractivity contribution in [3.05, 3.63) is 0 Å². The van der Waals surface area contributed by atoms with Crippen molar-refractivity contribution in [1.29, 1.82) is 0 Å². The largest absolute Gasteiger partial charge is 0.382 e. The molecule has 0 aromatic heterocycles. The second-order valence-corrected chi connectivity index (χ2v) is 6.08. The zero-order valence-corrected chi connectivity index (χ0v) is 12.9. The van der Waals surface area contributed by atoms with Crippen LogP contribution < -0.4 is 5.32 Å². The first-order valence-corrected chi connectivity index (χ1v) is 8.00. The second kappa shape index (κ2) is 8.92. The minimum atomic E-state index is 0.756. The van der Waals surface area contributed by atoms with Gasteiger partial charge in [0.05, 0.1) is 0 Å². The molecule has 108 valence electrons. The van der Waals surface area contributed by atoms with Crippen LogP contribution >= 0.6 is 0 Å². The molecular formula is C16H33NO. The van der Waals surface area contributed by atoms with E-state index in [1.165, 1.54) is 32.1 Å². The van der Waals surface area contributed by atoms with Crippen LogP contribution in [0.1, 0.15) is 59.8 Å². The zero-order chi connectivity index (χ0) is 13.4. The number of nitrogens with one attached hydrogen (secondary N) is 1. The molecular weight excluding hydrogens is 222 g/mol. The lowest BCUT2D eigenvalue weighted by Crippen LogP contribution is -2.41. The van der Waals surface area contributed by atoms with E-state index in [1.54, 1.807) is 0 Å². The minimum Gasteiger partial charge on any atom is -0.382 e. The molecule has 0 aromatic carbocycles. The van der Waals surface area contributed by atoms with Crippen molar-refractivity contribution in [1.82, 2.24) is 5.32 Å². The van der Waals surface area contributed by atoms with E-state index in [0.29, 0.717) is 0 Å². The number of hydrogen-bond donors (Lipinski definition) is 1. The highest BCUT2D eigenvalue weighted by Crippen LogP contribution is 2.36. The molecule has 1 rings (SSSR count). The van der Waals surface area contributed by atoms with Crippen LogP contribution in [0, 0.1) is 17.8 Å². The van der Waals surface area contributed by atoms with Crippen molar-refractivity contribution in [2.24, 2.45) is 17.8 Å². The van der Waals surface area contributed by atoms with Gasteiger partial charge in [-0.2, -0.15) is 0 Å². The Balaban J connectivity index is 2.39. The molecule has 0 heterocycles. The Morgan fingerprint density at radius 3 is 2.61 bits per heavy atom. The van der Waals surface area contributed by atoms with Gasteiger partial charge >= 0.3 is 0 Å². The van der Waals surface area contributed by atoms with E-state index in [4.69, 9.17) is 4.74 Å². The van der Waals surface area contributed by atoms with Crippen LogP contribution in [0.25, 0.3) is 0 Å². The van der Waals surface area contributed by atoms with Crippen LogP contribution in [0.15, 0.2) is 0 Å². The van der Waals surface area contributed by atoms with Crippen LogP contribution in [0.4, 0.5) is 0 Å². The molecule has 0 bridgehead atoms. The summed E-state index contributed by atoms with van der Waals surface area (Å²) in [4.78, 5) is 0. The lowest BCUT2D eigenvalue weighted by atomic mass is 9.72. The SMILES string of the molecule is CCNC1CCC(C(C)C)CC1CCCOCC. The Bertz CT molecular complexity index is 205. The molecule has 1 fully saturated rings. The molecule has 0 saturated heterocycles. The lowest BCUT2D eigenvalue weighted by Gasteiger charge is -2.38. The van der Waals surface area contributed by atoms with E-state index in [9.17, 15) is 0 Å². The van der Waals surface area contributed by atoms with Gasteiger partial charge in [0.15, 0.2) is 0 Å². The molecule has 0 aliphatic heterocycles. The van der Waals surface area contributed by atoms with E-state index in [-0.39, 0.29) is 0 Å². The molecule has 1 saturated carbocycles. The maximum atomic E-state index is 5.47. The summed E-state index contributed by atoms with van der Waals surface area (Å²) in [5.74, 6) is 2.66. The number of hydrogen-bond acceptors (Lipinski definition) is 2. The molecule has 0 radical (unpaired) electrons. The first-order chi connectivity index (χ1) is 8.69. The molecule has 0 aromatic rings. The summed E-state index contributed by atoms with van der Waals surface area (Å²) in [6.07, 6.45) is 6.76. The predicted molar refractivity (Wildman–Crippen MR) is 78.9 cm³/mol. The first-order valence-electron chi connectivity index (χ1n) is 8.00. The van der Waals surface area contributed by atoms with E-state index >= 15 is 0 Å². The summed E-state index contributed by atoms with van der Waals surface area (Å²) in [5.41, 5.74) is 0. The number of rotatable bonds is 8. The predicted octanol–water partition coefficient (Wildman–Crippen LogP) is 3.85. The van der Waals surface area contributed by atoms with E-state index in [2.05, 4.69) is 33.0 Å². The van der Waals surface area contributed by atoms with Gasteiger partial charge in [-0.05, 0) is 63.3 Å². The third kappa shape index (κ3) is 5.27. The molecule has 0 amide bonds. The van der Waals surface area contributed by atoms with Crippen molar-refractivity contribution < 1.29 is 4.74 Å². The Labute approximate surface area is 114 Å². The van der Waals surface area contributed by atoms with Crippen molar-refractivity contribution in [2.75, 3.05) is 19.8 Å². The summed E-state index contributed by atoms with van der Waals surface area (Å²) >= 11 is 0. The maximum absolute atomic E-state index is 5.47. The van der Waals surface area contributed by atoms with Crippen molar-refractivity contribution in [3.8, 4) is 0 Å². The third-order valence-corrected chi connectivity index (χ3v) is 4.50. The summed E-state index contributed by atoms with van der Waals surface area (Å²) in [5, 5.41) is 3.69. The van der Waals surface area contributed by atoms with Crippen LogP contribution in [0.2, 0.25) is 0 Å². The third-order valence-electron chi connectivity index (χ3n) is 4.50. The van der Waals surface area contributed by atoms with E-state index in [0.717, 1.165) is 43.6 Å². The highest BCUT2D eigenvalue weighted by molar-refractivity contribution is 4.85. The van der Waals surface area contributed by atoms with Gasteiger partial charge in [0.25, 0.3) is 0 Å². The molecule has 3 atom stereocenters. The van der Waals surface area contributed by atoms with Gasteiger partial charge in [-0.3, -0.25) is 0 Å². The highest BCUT2D eigenvalue weighted by atomic mass is 16.5. The molecule has 0 spiro atoms. The number of ether oxygens (including phenoxy) is 1. The Kier molecular flexibility index (Phi) is 7.92. The lowest BCUT2D eigenvalue weighted by molar-refractivity contribution is 0.119. The van der Waals surface area contributed by atoms with Crippen LogP contribution in [0.3, 0.4) is 0 Å². The van der Waals surface area contributed by atoms with Crippen LogP contribution in [0.5, 0.6) is 0 Å². The smallest absolute Gasteiger partial charge is 0.0466 e. The fraction of sp³-hybridized carbons (Fsp3) is 1.00. The minimum absolute atomic E-state index is 0.756. The Morgan fingerprint density at radius 1 is 1.22 bits per heavy atom. The van der Waals surface area contributed by atoms with Gasteiger partial charge in [-0.15, -0.1) is 0 Å². The van der Waals surface area contributed by atoms with Crippen molar-refractivity contribution in [3.63, 3.8) is 0 Å². The monoisotopic (exact) mass is 255 g/mol. The van der Waals surface area contributed by atoms with Crippen molar-refractivity contribution in [2.45, 2.75) is 65.8 Å². The molecule has 1 N–H and O–H groups in total. The van der Waals surface area contributed by atoms with Crippen molar-refractivity contribution >= 4 is 0 Å². The standard InChI is InChI=1S/C16H33NO/c1-5-17-16-10-9-14(13(3)4)12-15(16)8-7-11-18-6-2/h13-17H,5-12H2,1-4H3. The van der Waals surface area contributed by atoms with Crippen LogP contribution in [-0.2, 0) is 4.74 Å². The van der Waals surface area contributed by atoms with E-state index < -0.39 is 0 Å². The quantitative estimate of drug-likeness (QED) is 0.665. The summed E-state index contributed by atoms with van der Waals surface area (Å²) in [7, 11) is 0. The molecule has 1 aliphatic carbocycles. The van der Waals surface area contributed by atoms with Crippen LogP contribution in [-0.4, -0.2) is 25.8 Å². The fourth-order valence-corrected chi connectivity index (χ4v) is 3.35. The Hall–Kier alpha value is -0.0800. The second-order valence-electron chi connectivity index (χ2n) is 6.08. The molecule has 3 unspecified atom stereocenters. The summed E-state index contributed by atoms with van der Waals surface area (Å²) < 4.78 is 5.47. The van der Waals surface area contributed by atoms with Gasteiger partial charge in [-0.25, -0.2) is 0 Å². The summed E-state index contributed by atoms with van der Waals surface area (Å²) in [6.45, 7) is 12.0. The fourth-order valence-electron chi connectivity index (χ4n) is 3.35. The molecule has 18 heavy (non-hydrogen) atoms. The van der Waals surface area contributed by atoms with Gasteiger partial charge < -0.3 is 10.1 Å². The average Bonchev–Trinajstić information content (AvgIpc) is 2.36. The maximum Gasteiger partial charge on any atom is 0.0466 e. The topological polar surface area (TPSA) is 21.3 Å². The average molecular weight is 255 g/mol. The highest BCUT2D eigenvalue weighted by Gasteiger charge is 2.30. The summed E-state index contributed by atoms with van der Waals surface area (Å²) in [6, 6.07) is 0.756. The zero-order valence-electron chi connectivity index (χ0n) is 12.9. The van der Waals surface area contributed by atoms with E-state index in [1.807, 2.05) is 0 Å².